The fourth-order valence-corrected chi connectivity index (χ4v) is 4.77. The lowest BCUT2D eigenvalue weighted by atomic mass is 9.93. The number of anilines is 2. The number of para-hydroxylation sites is 1. The number of amides is 1. The van der Waals surface area contributed by atoms with Crippen molar-refractivity contribution in [2.24, 2.45) is 0 Å². The fourth-order valence-electron chi connectivity index (χ4n) is 3.97. The summed E-state index contributed by atoms with van der Waals surface area (Å²) >= 11 is 1.78. The van der Waals surface area contributed by atoms with Gasteiger partial charge < -0.3 is 16.0 Å². The molecule has 1 amide bonds. The van der Waals surface area contributed by atoms with E-state index in [1.807, 2.05) is 18.2 Å². The van der Waals surface area contributed by atoms with Crippen molar-refractivity contribution in [2.75, 3.05) is 37.5 Å². The SMILES string of the molecule is CNC(=O)c1ccnc2c(C(C)C(CNc3cc(-c4cnc(NC)nc4)ncn3)SC)cccc12. The van der Waals surface area contributed by atoms with E-state index in [0.29, 0.717) is 18.1 Å². The maximum Gasteiger partial charge on any atom is 0.251 e. The molecule has 0 saturated heterocycles. The van der Waals surface area contributed by atoms with Crippen molar-refractivity contribution in [3.8, 4) is 11.3 Å². The van der Waals surface area contributed by atoms with E-state index in [1.54, 1.807) is 50.5 Å². The summed E-state index contributed by atoms with van der Waals surface area (Å²) in [4.78, 5) is 34.2. The van der Waals surface area contributed by atoms with Gasteiger partial charge in [-0.25, -0.2) is 19.9 Å². The van der Waals surface area contributed by atoms with E-state index in [-0.39, 0.29) is 17.1 Å². The molecule has 2 atom stereocenters. The molecule has 10 heteroatoms. The molecule has 0 radical (unpaired) electrons. The van der Waals surface area contributed by atoms with Gasteiger partial charge in [-0.05, 0) is 23.8 Å². The Morgan fingerprint density at radius 2 is 1.86 bits per heavy atom. The van der Waals surface area contributed by atoms with Crippen molar-refractivity contribution in [1.29, 1.82) is 0 Å². The van der Waals surface area contributed by atoms with Crippen molar-refractivity contribution in [1.82, 2.24) is 30.2 Å². The van der Waals surface area contributed by atoms with E-state index in [0.717, 1.165) is 33.5 Å². The van der Waals surface area contributed by atoms with Crippen LogP contribution in [-0.4, -0.2) is 63.0 Å². The molecule has 0 saturated carbocycles. The molecule has 9 nitrogen and oxygen atoms in total. The van der Waals surface area contributed by atoms with Crippen LogP contribution >= 0.6 is 11.8 Å². The molecule has 0 bridgehead atoms. The van der Waals surface area contributed by atoms with Crippen molar-refractivity contribution >= 4 is 40.3 Å². The molecule has 35 heavy (non-hydrogen) atoms. The van der Waals surface area contributed by atoms with Crippen molar-refractivity contribution in [3.05, 3.63) is 66.4 Å². The Bertz CT molecular complexity index is 1310. The molecular weight excluding hydrogens is 460 g/mol. The van der Waals surface area contributed by atoms with Gasteiger partial charge >= 0.3 is 0 Å². The largest absolute Gasteiger partial charge is 0.369 e. The van der Waals surface area contributed by atoms with E-state index >= 15 is 0 Å². The summed E-state index contributed by atoms with van der Waals surface area (Å²) in [6.45, 7) is 2.89. The van der Waals surface area contributed by atoms with Crippen LogP contribution in [0, 0.1) is 0 Å². The van der Waals surface area contributed by atoms with E-state index < -0.39 is 0 Å². The summed E-state index contributed by atoms with van der Waals surface area (Å²) in [7, 11) is 3.42. The molecule has 1 aromatic carbocycles. The number of carbonyl (C=O) groups excluding carboxylic acids is 1. The first-order valence-corrected chi connectivity index (χ1v) is 12.5. The maximum absolute atomic E-state index is 12.3. The average molecular weight is 489 g/mol. The Kier molecular flexibility index (Phi) is 7.71. The maximum atomic E-state index is 12.3. The van der Waals surface area contributed by atoms with Gasteiger partial charge in [-0.3, -0.25) is 9.78 Å². The van der Waals surface area contributed by atoms with Crippen LogP contribution in [0.3, 0.4) is 0 Å². The number of hydrogen-bond acceptors (Lipinski definition) is 9. The highest BCUT2D eigenvalue weighted by Gasteiger charge is 2.22. The average Bonchev–Trinajstić information content (AvgIpc) is 2.92. The number of aromatic nitrogens is 5. The smallest absolute Gasteiger partial charge is 0.251 e. The number of fused-ring (bicyclic) bond motifs is 1. The number of thioether (sulfide) groups is 1. The molecule has 2 unspecified atom stereocenters. The highest BCUT2D eigenvalue weighted by atomic mass is 32.2. The highest BCUT2D eigenvalue weighted by Crippen LogP contribution is 2.32. The first kappa shape index (κ1) is 24.3. The molecule has 0 aliphatic rings. The summed E-state index contributed by atoms with van der Waals surface area (Å²) in [6.07, 6.45) is 8.81. The Balaban J connectivity index is 1.53. The predicted molar refractivity (Wildman–Crippen MR) is 142 cm³/mol. The minimum Gasteiger partial charge on any atom is -0.369 e. The van der Waals surface area contributed by atoms with Gasteiger partial charge in [-0.1, -0.05) is 25.1 Å². The number of nitrogens with one attached hydrogen (secondary N) is 3. The van der Waals surface area contributed by atoms with Gasteiger partial charge in [0.2, 0.25) is 5.95 Å². The van der Waals surface area contributed by atoms with Crippen molar-refractivity contribution in [3.63, 3.8) is 0 Å². The Labute approximate surface area is 208 Å². The number of nitrogens with zero attached hydrogens (tertiary/aromatic N) is 5. The number of hydrogen-bond donors (Lipinski definition) is 3. The minimum atomic E-state index is -0.115. The summed E-state index contributed by atoms with van der Waals surface area (Å²) in [6, 6.07) is 9.69. The number of pyridine rings is 1. The highest BCUT2D eigenvalue weighted by molar-refractivity contribution is 7.99. The number of carbonyl (C=O) groups is 1. The van der Waals surface area contributed by atoms with Gasteiger partial charge in [0, 0.05) is 61.5 Å². The second-order valence-electron chi connectivity index (χ2n) is 7.96. The standard InChI is InChI=1S/C25H28N8OS/c1-15(17-6-5-7-18-19(24(34)26-2)8-9-28-23(17)18)21(35-4)13-29-22-10-20(32-14-33-22)16-11-30-25(27-3)31-12-16/h5-12,14-15,21H,13H2,1-4H3,(H,26,34)(H,27,30,31)(H,29,32,33). The molecule has 0 spiro atoms. The summed E-state index contributed by atoms with van der Waals surface area (Å²) in [5, 5.41) is 10.2. The van der Waals surface area contributed by atoms with Crippen molar-refractivity contribution < 1.29 is 4.79 Å². The van der Waals surface area contributed by atoms with Gasteiger partial charge in [-0.2, -0.15) is 11.8 Å². The third kappa shape index (κ3) is 5.32. The summed E-state index contributed by atoms with van der Waals surface area (Å²) < 4.78 is 0. The first-order valence-electron chi connectivity index (χ1n) is 11.2. The lowest BCUT2D eigenvalue weighted by molar-refractivity contribution is 0.0964. The van der Waals surface area contributed by atoms with Crippen LogP contribution in [0.25, 0.3) is 22.2 Å². The molecule has 0 aliphatic heterocycles. The third-order valence-electron chi connectivity index (χ3n) is 5.95. The molecule has 4 aromatic rings. The molecular formula is C25H28N8OS. The second-order valence-corrected chi connectivity index (χ2v) is 9.04. The zero-order valence-corrected chi connectivity index (χ0v) is 20.9. The Morgan fingerprint density at radius 3 is 2.57 bits per heavy atom. The zero-order chi connectivity index (χ0) is 24.8. The van der Waals surface area contributed by atoms with Gasteiger partial charge in [0.05, 0.1) is 16.8 Å². The summed E-state index contributed by atoms with van der Waals surface area (Å²) in [5.41, 5.74) is 4.16. The lowest BCUT2D eigenvalue weighted by Gasteiger charge is -2.24. The van der Waals surface area contributed by atoms with Gasteiger partial charge in [0.1, 0.15) is 12.1 Å². The van der Waals surface area contributed by atoms with Crippen molar-refractivity contribution in [2.45, 2.75) is 18.1 Å². The van der Waals surface area contributed by atoms with Crippen LogP contribution in [0.2, 0.25) is 0 Å². The number of rotatable bonds is 9. The number of benzene rings is 1. The van der Waals surface area contributed by atoms with Gasteiger partial charge in [-0.15, -0.1) is 0 Å². The predicted octanol–water partition coefficient (Wildman–Crippen LogP) is 3.83. The van der Waals surface area contributed by atoms with Crippen LogP contribution in [0.1, 0.15) is 28.8 Å². The summed E-state index contributed by atoms with van der Waals surface area (Å²) in [5.74, 6) is 1.36. The van der Waals surface area contributed by atoms with E-state index in [4.69, 9.17) is 0 Å². The van der Waals surface area contributed by atoms with E-state index in [1.165, 1.54) is 6.33 Å². The van der Waals surface area contributed by atoms with Gasteiger partial charge in [0.25, 0.3) is 5.91 Å². The van der Waals surface area contributed by atoms with Crippen LogP contribution in [0.4, 0.5) is 11.8 Å². The third-order valence-corrected chi connectivity index (χ3v) is 7.13. The minimum absolute atomic E-state index is 0.115. The van der Waals surface area contributed by atoms with Crippen LogP contribution in [0.15, 0.2) is 55.2 Å². The monoisotopic (exact) mass is 488 g/mol. The quantitative estimate of drug-likeness (QED) is 0.323. The lowest BCUT2D eigenvalue weighted by Crippen LogP contribution is -2.23. The Morgan fingerprint density at radius 1 is 1.06 bits per heavy atom. The normalized spacial score (nSPS) is 12.7. The molecule has 3 heterocycles. The van der Waals surface area contributed by atoms with E-state index in [2.05, 4.69) is 60.1 Å². The Hall–Kier alpha value is -3.79. The fraction of sp³-hybridized carbons (Fsp3) is 0.280. The molecule has 0 fully saturated rings. The topological polar surface area (TPSA) is 118 Å². The molecule has 4 rings (SSSR count). The molecule has 3 N–H and O–H groups in total. The second kappa shape index (κ2) is 11.1. The van der Waals surface area contributed by atoms with E-state index in [9.17, 15) is 4.79 Å². The van der Waals surface area contributed by atoms with Crippen LogP contribution in [0.5, 0.6) is 0 Å². The molecule has 0 aliphatic carbocycles. The van der Waals surface area contributed by atoms with Crippen LogP contribution in [-0.2, 0) is 0 Å². The first-order chi connectivity index (χ1) is 17.0. The van der Waals surface area contributed by atoms with Crippen LogP contribution < -0.4 is 16.0 Å². The molecule has 180 valence electrons. The zero-order valence-electron chi connectivity index (χ0n) is 20.1. The molecule has 3 aromatic heterocycles. The van der Waals surface area contributed by atoms with Gasteiger partial charge in [0.15, 0.2) is 0 Å².